The van der Waals surface area contributed by atoms with Crippen molar-refractivity contribution in [1.82, 2.24) is 9.29 Å². The second-order valence-corrected chi connectivity index (χ2v) is 8.53. The summed E-state index contributed by atoms with van der Waals surface area (Å²) in [6, 6.07) is 12.0. The van der Waals surface area contributed by atoms with E-state index in [2.05, 4.69) is 4.98 Å². The van der Waals surface area contributed by atoms with Crippen LogP contribution in [0.2, 0.25) is 0 Å². The number of hydrogen-bond acceptors (Lipinski definition) is 6. The highest BCUT2D eigenvalue weighted by Gasteiger charge is 2.28. The Hall–Kier alpha value is -2.36. The number of benzene rings is 2. The van der Waals surface area contributed by atoms with Crippen molar-refractivity contribution in [2.24, 2.45) is 0 Å². The Labute approximate surface area is 148 Å². The Bertz CT molecular complexity index is 996. The van der Waals surface area contributed by atoms with Crippen LogP contribution in [-0.2, 0) is 10.0 Å². The molecule has 1 aromatic heterocycles. The Kier molecular flexibility index (Phi) is 4.55. The lowest BCUT2D eigenvalue weighted by atomic mass is 10.3. The number of sulfonamides is 1. The van der Waals surface area contributed by atoms with Crippen LogP contribution in [0, 0.1) is 10.1 Å². The van der Waals surface area contributed by atoms with Gasteiger partial charge in [0.15, 0.2) is 0 Å². The van der Waals surface area contributed by atoms with Crippen LogP contribution in [-0.4, -0.2) is 29.7 Å². The molecule has 9 heteroatoms. The number of non-ortho nitro benzene ring substituents is 1. The molecule has 0 amide bonds. The average molecular weight is 377 g/mol. The number of para-hydroxylation sites is 1. The van der Waals surface area contributed by atoms with Crippen molar-refractivity contribution in [3.63, 3.8) is 0 Å². The van der Waals surface area contributed by atoms with Crippen LogP contribution in [0.5, 0.6) is 0 Å². The number of nitrogens with zero attached hydrogens (tertiary/aromatic N) is 3. The Morgan fingerprint density at radius 2 is 1.80 bits per heavy atom. The first-order chi connectivity index (χ1) is 11.8. The molecule has 0 aliphatic rings. The number of nitro benzene ring substituents is 1. The fourth-order valence-electron chi connectivity index (χ4n) is 2.34. The highest BCUT2D eigenvalue weighted by Crippen LogP contribution is 2.31. The van der Waals surface area contributed by atoms with Crippen molar-refractivity contribution in [3.8, 4) is 0 Å². The van der Waals surface area contributed by atoms with E-state index in [1.165, 1.54) is 47.0 Å². The van der Waals surface area contributed by atoms with Crippen LogP contribution >= 0.6 is 11.3 Å². The molecule has 0 saturated heterocycles. The minimum atomic E-state index is -3.79. The lowest BCUT2D eigenvalue weighted by Gasteiger charge is -2.22. The molecule has 0 spiro atoms. The molecule has 3 aromatic rings. The first-order valence-electron chi connectivity index (χ1n) is 7.38. The fourth-order valence-corrected chi connectivity index (χ4v) is 4.80. The molecule has 1 heterocycles. The Morgan fingerprint density at radius 3 is 2.40 bits per heavy atom. The number of aromatic nitrogens is 1. The SMILES string of the molecule is C[C@H](c1nc2ccccc2s1)N(C)S(=O)(=O)c1ccc([N+](=O)[O-])cc1. The summed E-state index contributed by atoms with van der Waals surface area (Å²) in [6.45, 7) is 1.76. The highest BCUT2D eigenvalue weighted by atomic mass is 32.2. The third kappa shape index (κ3) is 3.26. The molecule has 0 unspecified atom stereocenters. The Morgan fingerprint density at radius 1 is 1.16 bits per heavy atom. The molecule has 0 aliphatic carbocycles. The number of thiazole rings is 1. The number of rotatable bonds is 5. The van der Waals surface area contributed by atoms with E-state index < -0.39 is 21.0 Å². The van der Waals surface area contributed by atoms with Gasteiger partial charge in [-0.3, -0.25) is 10.1 Å². The Balaban J connectivity index is 1.91. The van der Waals surface area contributed by atoms with Crippen LogP contribution in [0.25, 0.3) is 10.2 Å². The van der Waals surface area contributed by atoms with E-state index in [9.17, 15) is 18.5 Å². The largest absolute Gasteiger partial charge is 0.269 e. The average Bonchev–Trinajstić information content (AvgIpc) is 3.04. The van der Waals surface area contributed by atoms with Crippen LogP contribution in [0.15, 0.2) is 53.4 Å². The minimum absolute atomic E-state index is 0.00793. The summed E-state index contributed by atoms with van der Waals surface area (Å²) in [5.74, 6) is 0. The molecule has 25 heavy (non-hydrogen) atoms. The number of fused-ring (bicyclic) bond motifs is 1. The molecule has 7 nitrogen and oxygen atoms in total. The molecular formula is C16H15N3O4S2. The summed E-state index contributed by atoms with van der Waals surface area (Å²) in [5.41, 5.74) is 0.677. The summed E-state index contributed by atoms with van der Waals surface area (Å²) < 4.78 is 27.8. The van der Waals surface area contributed by atoms with Gasteiger partial charge in [-0.05, 0) is 31.2 Å². The van der Waals surface area contributed by atoms with E-state index in [-0.39, 0.29) is 10.6 Å². The molecule has 0 N–H and O–H groups in total. The first kappa shape index (κ1) is 17.5. The van der Waals surface area contributed by atoms with Crippen molar-refractivity contribution < 1.29 is 13.3 Å². The maximum Gasteiger partial charge on any atom is 0.269 e. The van der Waals surface area contributed by atoms with Gasteiger partial charge in [0, 0.05) is 19.2 Å². The first-order valence-corrected chi connectivity index (χ1v) is 9.64. The highest BCUT2D eigenvalue weighted by molar-refractivity contribution is 7.89. The van der Waals surface area contributed by atoms with Crippen molar-refractivity contribution in [3.05, 3.63) is 63.7 Å². The zero-order valence-electron chi connectivity index (χ0n) is 13.5. The van der Waals surface area contributed by atoms with Crippen molar-refractivity contribution in [2.75, 3.05) is 7.05 Å². The summed E-state index contributed by atoms with van der Waals surface area (Å²) in [4.78, 5) is 14.7. The maximum absolute atomic E-state index is 12.8. The zero-order valence-corrected chi connectivity index (χ0v) is 15.1. The molecular weight excluding hydrogens is 362 g/mol. The van der Waals surface area contributed by atoms with E-state index in [4.69, 9.17) is 0 Å². The van der Waals surface area contributed by atoms with Gasteiger partial charge in [0.05, 0.1) is 26.1 Å². The van der Waals surface area contributed by atoms with Gasteiger partial charge >= 0.3 is 0 Å². The van der Waals surface area contributed by atoms with Gasteiger partial charge in [-0.15, -0.1) is 11.3 Å². The van der Waals surface area contributed by atoms with Gasteiger partial charge < -0.3 is 0 Å². The van der Waals surface area contributed by atoms with E-state index >= 15 is 0 Å². The standard InChI is InChI=1S/C16H15N3O4S2/c1-11(16-17-14-5-3-4-6-15(14)24-16)18(2)25(22,23)13-9-7-12(8-10-13)19(20)21/h3-11H,1-2H3/t11-/m1/s1. The molecule has 0 radical (unpaired) electrons. The van der Waals surface area contributed by atoms with E-state index in [1.54, 1.807) is 6.92 Å². The van der Waals surface area contributed by atoms with Crippen molar-refractivity contribution >= 4 is 37.3 Å². The third-order valence-corrected chi connectivity index (χ3v) is 7.09. The summed E-state index contributed by atoms with van der Waals surface area (Å²) >= 11 is 1.44. The summed E-state index contributed by atoms with van der Waals surface area (Å²) in [7, 11) is -2.31. The van der Waals surface area contributed by atoms with E-state index in [0.717, 1.165) is 10.2 Å². The van der Waals surface area contributed by atoms with Gasteiger partial charge in [-0.1, -0.05) is 12.1 Å². The normalized spacial score (nSPS) is 13.2. The molecule has 1 atom stereocenters. The second kappa shape index (κ2) is 6.51. The van der Waals surface area contributed by atoms with Crippen molar-refractivity contribution in [1.29, 1.82) is 0 Å². The minimum Gasteiger partial charge on any atom is -0.258 e. The fraction of sp³-hybridized carbons (Fsp3) is 0.188. The van der Waals surface area contributed by atoms with Gasteiger partial charge in [-0.2, -0.15) is 4.31 Å². The van der Waals surface area contributed by atoms with Crippen LogP contribution in [0.3, 0.4) is 0 Å². The lowest BCUT2D eigenvalue weighted by Crippen LogP contribution is -2.29. The third-order valence-electron chi connectivity index (χ3n) is 3.94. The van der Waals surface area contributed by atoms with Crippen LogP contribution < -0.4 is 0 Å². The number of nitro groups is 1. The smallest absolute Gasteiger partial charge is 0.258 e. The van der Waals surface area contributed by atoms with Crippen molar-refractivity contribution in [2.45, 2.75) is 17.9 Å². The molecule has 130 valence electrons. The number of hydrogen-bond donors (Lipinski definition) is 0. The van der Waals surface area contributed by atoms with Gasteiger partial charge in [-0.25, -0.2) is 13.4 Å². The maximum atomic E-state index is 12.8. The molecule has 0 bridgehead atoms. The molecule has 0 saturated carbocycles. The van der Waals surface area contributed by atoms with Crippen LogP contribution in [0.4, 0.5) is 5.69 Å². The second-order valence-electron chi connectivity index (χ2n) is 5.47. The van der Waals surface area contributed by atoms with Gasteiger partial charge in [0.25, 0.3) is 5.69 Å². The van der Waals surface area contributed by atoms with E-state index in [0.29, 0.717) is 5.01 Å². The quantitative estimate of drug-likeness (QED) is 0.500. The summed E-state index contributed by atoms with van der Waals surface area (Å²) in [6.07, 6.45) is 0. The predicted octanol–water partition coefficient (Wildman–Crippen LogP) is 3.59. The van der Waals surface area contributed by atoms with Gasteiger partial charge in [0.1, 0.15) is 5.01 Å². The predicted molar refractivity (Wildman–Crippen MR) is 96.1 cm³/mol. The van der Waals surface area contributed by atoms with E-state index in [1.807, 2.05) is 24.3 Å². The molecule has 3 rings (SSSR count). The topological polar surface area (TPSA) is 93.4 Å². The van der Waals surface area contributed by atoms with Crippen LogP contribution in [0.1, 0.15) is 18.0 Å². The molecule has 2 aromatic carbocycles. The molecule has 0 aliphatic heterocycles. The summed E-state index contributed by atoms with van der Waals surface area (Å²) in [5, 5.41) is 11.4. The van der Waals surface area contributed by atoms with Gasteiger partial charge in [0.2, 0.25) is 10.0 Å². The lowest BCUT2D eigenvalue weighted by molar-refractivity contribution is -0.384. The molecule has 0 fully saturated rings. The zero-order chi connectivity index (χ0) is 18.2. The monoisotopic (exact) mass is 377 g/mol.